The van der Waals surface area contributed by atoms with E-state index >= 15 is 0 Å². The fraction of sp³-hybridized carbons (Fsp3) is 0.312. The maximum atomic E-state index is 12.2. The van der Waals surface area contributed by atoms with Gasteiger partial charge < -0.3 is 10.4 Å². The number of benzene rings is 1. The monoisotopic (exact) mass is 352 g/mol. The second kappa shape index (κ2) is 7.57. The lowest BCUT2D eigenvalue weighted by Crippen LogP contribution is -2.29. The molecule has 23 heavy (non-hydrogen) atoms. The number of hydrogen-bond donors (Lipinski definition) is 2. The predicted octanol–water partition coefficient (Wildman–Crippen LogP) is 3.61. The normalized spacial score (nSPS) is 12.0. The van der Waals surface area contributed by atoms with Gasteiger partial charge in [-0.2, -0.15) is 0 Å². The number of hydrogen-bond acceptors (Lipinski definition) is 4. The molecule has 1 atom stereocenters. The Bertz CT molecular complexity index is 713. The van der Waals surface area contributed by atoms with E-state index in [1.807, 2.05) is 12.1 Å². The summed E-state index contributed by atoms with van der Waals surface area (Å²) in [6.07, 6.45) is 0.0258. The van der Waals surface area contributed by atoms with Crippen molar-refractivity contribution >= 4 is 34.8 Å². The van der Waals surface area contributed by atoms with E-state index in [2.05, 4.69) is 10.3 Å². The molecule has 7 heteroatoms. The van der Waals surface area contributed by atoms with Gasteiger partial charge in [-0.25, -0.2) is 4.98 Å². The van der Waals surface area contributed by atoms with E-state index in [-0.39, 0.29) is 18.2 Å². The molecule has 0 saturated carbocycles. The Morgan fingerprint density at radius 2 is 2.00 bits per heavy atom. The molecule has 0 bridgehead atoms. The molecule has 0 saturated heterocycles. The van der Waals surface area contributed by atoms with Crippen LogP contribution < -0.4 is 5.32 Å². The average Bonchev–Trinajstić information content (AvgIpc) is 2.87. The van der Waals surface area contributed by atoms with Crippen LogP contribution in [0.4, 0.5) is 0 Å². The van der Waals surface area contributed by atoms with E-state index < -0.39 is 5.97 Å². The molecule has 1 aromatic heterocycles. The number of carbonyl (C=O) groups is 2. The van der Waals surface area contributed by atoms with E-state index in [0.717, 1.165) is 10.6 Å². The molecular weight excluding hydrogens is 336 g/mol. The molecule has 2 aromatic rings. The first kappa shape index (κ1) is 17.4. The molecule has 122 valence electrons. The maximum absolute atomic E-state index is 12.2. The lowest BCUT2D eigenvalue weighted by molar-refractivity contribution is -0.137. The number of carbonyl (C=O) groups excluding carboxylic acids is 1. The van der Waals surface area contributed by atoms with Gasteiger partial charge >= 0.3 is 5.97 Å². The second-order valence-electron chi connectivity index (χ2n) is 5.35. The topological polar surface area (TPSA) is 79.3 Å². The number of rotatable bonds is 6. The number of aryl methyl sites for hydroxylation is 1. The summed E-state index contributed by atoms with van der Waals surface area (Å²) >= 11 is 7.18. The van der Waals surface area contributed by atoms with Crippen LogP contribution in [-0.4, -0.2) is 28.5 Å². The lowest BCUT2D eigenvalue weighted by atomic mass is 10.1. The molecule has 0 fully saturated rings. The number of carboxylic acids is 1. The Labute approximate surface area is 143 Å². The van der Waals surface area contributed by atoms with Gasteiger partial charge in [-0.05, 0) is 25.0 Å². The van der Waals surface area contributed by atoms with Crippen LogP contribution >= 0.6 is 22.9 Å². The Morgan fingerprint density at radius 1 is 1.35 bits per heavy atom. The number of thiazole rings is 1. The summed E-state index contributed by atoms with van der Waals surface area (Å²) in [6, 6.07) is 7.27. The van der Waals surface area contributed by atoms with Crippen molar-refractivity contribution in [3.05, 3.63) is 39.9 Å². The van der Waals surface area contributed by atoms with Crippen molar-refractivity contribution in [2.45, 2.75) is 20.3 Å². The summed E-state index contributed by atoms with van der Waals surface area (Å²) in [5, 5.41) is 12.9. The summed E-state index contributed by atoms with van der Waals surface area (Å²) in [5.41, 5.74) is 1.56. The molecule has 0 aliphatic carbocycles. The highest BCUT2D eigenvalue weighted by Crippen LogP contribution is 2.28. The molecule has 1 amide bonds. The molecule has 0 aliphatic heterocycles. The van der Waals surface area contributed by atoms with Crippen molar-refractivity contribution in [1.29, 1.82) is 0 Å². The molecule has 5 nitrogen and oxygen atoms in total. The van der Waals surface area contributed by atoms with Crippen LogP contribution in [0.2, 0.25) is 5.02 Å². The Kier molecular flexibility index (Phi) is 5.74. The highest BCUT2D eigenvalue weighted by Gasteiger charge is 2.17. The third-order valence-electron chi connectivity index (χ3n) is 3.23. The number of nitrogens with zero attached hydrogens (tertiary/aromatic N) is 1. The third kappa shape index (κ3) is 4.77. The number of carboxylic acid groups (broad SMARTS) is 1. The van der Waals surface area contributed by atoms with Crippen molar-refractivity contribution in [1.82, 2.24) is 10.3 Å². The quantitative estimate of drug-likeness (QED) is 0.832. The zero-order valence-electron chi connectivity index (χ0n) is 12.8. The summed E-state index contributed by atoms with van der Waals surface area (Å²) in [5.74, 6) is -1.22. The maximum Gasteiger partial charge on any atom is 0.303 e. The van der Waals surface area contributed by atoms with Gasteiger partial charge in [0.15, 0.2) is 0 Å². The van der Waals surface area contributed by atoms with E-state index in [9.17, 15) is 9.59 Å². The highest BCUT2D eigenvalue weighted by atomic mass is 35.5. The van der Waals surface area contributed by atoms with Gasteiger partial charge in [-0.15, -0.1) is 11.3 Å². The summed E-state index contributed by atoms with van der Waals surface area (Å²) in [6.45, 7) is 3.89. The van der Waals surface area contributed by atoms with E-state index in [1.54, 1.807) is 26.0 Å². The standard InChI is InChI=1S/C16H17ClN2O3S/c1-9(7-13(20)21)8-18-15(22)14-10(2)19-16(23-14)11-3-5-12(17)6-4-11/h3-6,9H,7-8H2,1-2H3,(H,18,22)(H,20,21). The van der Waals surface area contributed by atoms with Crippen LogP contribution in [0, 0.1) is 12.8 Å². The van der Waals surface area contributed by atoms with E-state index in [0.29, 0.717) is 22.1 Å². The number of nitrogens with one attached hydrogen (secondary N) is 1. The van der Waals surface area contributed by atoms with Crippen molar-refractivity contribution in [2.75, 3.05) is 6.54 Å². The van der Waals surface area contributed by atoms with Crippen molar-refractivity contribution in [2.24, 2.45) is 5.92 Å². The zero-order valence-corrected chi connectivity index (χ0v) is 14.4. The Balaban J connectivity index is 2.07. The second-order valence-corrected chi connectivity index (χ2v) is 6.79. The predicted molar refractivity (Wildman–Crippen MR) is 91.0 cm³/mol. The minimum atomic E-state index is -0.870. The number of aromatic nitrogens is 1. The third-order valence-corrected chi connectivity index (χ3v) is 4.69. The van der Waals surface area contributed by atoms with Gasteiger partial charge in [0.1, 0.15) is 9.88 Å². The van der Waals surface area contributed by atoms with Gasteiger partial charge in [0.25, 0.3) is 5.91 Å². The largest absolute Gasteiger partial charge is 0.481 e. The smallest absolute Gasteiger partial charge is 0.303 e. The van der Waals surface area contributed by atoms with Crippen LogP contribution in [0.15, 0.2) is 24.3 Å². The van der Waals surface area contributed by atoms with Crippen molar-refractivity contribution in [3.63, 3.8) is 0 Å². The van der Waals surface area contributed by atoms with Crippen LogP contribution in [0.1, 0.15) is 28.7 Å². The zero-order chi connectivity index (χ0) is 17.0. The minimum absolute atomic E-state index is 0.0258. The van der Waals surface area contributed by atoms with Crippen LogP contribution in [-0.2, 0) is 4.79 Å². The van der Waals surface area contributed by atoms with Crippen LogP contribution in [0.25, 0.3) is 10.6 Å². The first-order valence-electron chi connectivity index (χ1n) is 7.10. The summed E-state index contributed by atoms with van der Waals surface area (Å²) in [4.78, 5) is 27.8. The molecule has 1 heterocycles. The fourth-order valence-corrected chi connectivity index (χ4v) is 3.15. The average molecular weight is 353 g/mol. The lowest BCUT2D eigenvalue weighted by Gasteiger charge is -2.09. The van der Waals surface area contributed by atoms with E-state index in [4.69, 9.17) is 16.7 Å². The molecule has 2 N–H and O–H groups in total. The van der Waals surface area contributed by atoms with Crippen LogP contribution in [0.3, 0.4) is 0 Å². The summed E-state index contributed by atoms with van der Waals surface area (Å²) < 4.78 is 0. The SMILES string of the molecule is Cc1nc(-c2ccc(Cl)cc2)sc1C(=O)NCC(C)CC(=O)O. The Morgan fingerprint density at radius 3 is 2.61 bits per heavy atom. The first-order chi connectivity index (χ1) is 10.9. The molecule has 1 unspecified atom stereocenters. The Hall–Kier alpha value is -1.92. The van der Waals surface area contributed by atoms with Crippen LogP contribution in [0.5, 0.6) is 0 Å². The first-order valence-corrected chi connectivity index (χ1v) is 8.29. The van der Waals surface area contributed by atoms with Gasteiger partial charge in [-0.3, -0.25) is 9.59 Å². The fourth-order valence-electron chi connectivity index (χ4n) is 2.04. The number of amides is 1. The molecule has 1 aromatic carbocycles. The van der Waals surface area contributed by atoms with Gasteiger partial charge in [0, 0.05) is 23.6 Å². The van der Waals surface area contributed by atoms with Gasteiger partial charge in [0.2, 0.25) is 0 Å². The summed E-state index contributed by atoms with van der Waals surface area (Å²) in [7, 11) is 0. The van der Waals surface area contributed by atoms with Gasteiger partial charge in [-0.1, -0.05) is 30.7 Å². The molecule has 2 rings (SSSR count). The van der Waals surface area contributed by atoms with Crippen molar-refractivity contribution < 1.29 is 14.7 Å². The molecular formula is C16H17ClN2O3S. The molecule has 0 aliphatic rings. The molecule has 0 radical (unpaired) electrons. The number of halogens is 1. The minimum Gasteiger partial charge on any atom is -0.481 e. The molecule has 0 spiro atoms. The van der Waals surface area contributed by atoms with Gasteiger partial charge in [0.05, 0.1) is 5.69 Å². The highest BCUT2D eigenvalue weighted by molar-refractivity contribution is 7.17. The van der Waals surface area contributed by atoms with E-state index in [1.165, 1.54) is 11.3 Å². The number of aliphatic carboxylic acids is 1. The van der Waals surface area contributed by atoms with Crippen molar-refractivity contribution in [3.8, 4) is 10.6 Å².